The SMILES string of the molecule is CCCCCCCCc1ccc[nH]1.c1ccncc1. The van der Waals surface area contributed by atoms with Gasteiger partial charge in [0.05, 0.1) is 0 Å². The van der Waals surface area contributed by atoms with E-state index >= 15 is 0 Å². The highest BCUT2D eigenvalue weighted by Crippen LogP contribution is 2.08. The maximum atomic E-state index is 3.78. The van der Waals surface area contributed by atoms with Crippen molar-refractivity contribution in [2.24, 2.45) is 0 Å². The third-order valence-corrected chi connectivity index (χ3v) is 3.03. The number of aromatic nitrogens is 2. The summed E-state index contributed by atoms with van der Waals surface area (Å²) in [5.74, 6) is 0. The molecule has 2 rings (SSSR count). The summed E-state index contributed by atoms with van der Waals surface area (Å²) in [5.41, 5.74) is 1.38. The molecule has 0 spiro atoms. The Morgan fingerprint density at radius 2 is 1.63 bits per heavy atom. The fourth-order valence-corrected chi connectivity index (χ4v) is 1.93. The zero-order valence-corrected chi connectivity index (χ0v) is 12.0. The van der Waals surface area contributed by atoms with E-state index in [-0.39, 0.29) is 0 Å². The van der Waals surface area contributed by atoms with Crippen molar-refractivity contribution < 1.29 is 0 Å². The minimum atomic E-state index is 1.22. The zero-order valence-electron chi connectivity index (χ0n) is 12.0. The number of nitrogens with one attached hydrogen (secondary N) is 1. The molecule has 0 fully saturated rings. The van der Waals surface area contributed by atoms with Crippen molar-refractivity contribution in [1.29, 1.82) is 0 Å². The fraction of sp³-hybridized carbons (Fsp3) is 0.471. The molecular weight excluding hydrogens is 232 g/mol. The van der Waals surface area contributed by atoms with Crippen LogP contribution in [0.25, 0.3) is 0 Å². The van der Waals surface area contributed by atoms with Crippen LogP contribution in [0.5, 0.6) is 0 Å². The second-order valence-corrected chi connectivity index (χ2v) is 4.74. The van der Waals surface area contributed by atoms with Crippen LogP contribution in [0.1, 0.15) is 51.1 Å². The van der Waals surface area contributed by atoms with Gasteiger partial charge in [0.15, 0.2) is 0 Å². The summed E-state index contributed by atoms with van der Waals surface area (Å²) in [4.78, 5) is 7.02. The van der Waals surface area contributed by atoms with Crippen molar-refractivity contribution in [2.45, 2.75) is 51.9 Å². The molecule has 0 radical (unpaired) electrons. The molecule has 19 heavy (non-hydrogen) atoms. The van der Waals surface area contributed by atoms with Gasteiger partial charge in [0.1, 0.15) is 0 Å². The molecule has 104 valence electrons. The summed E-state index contributed by atoms with van der Waals surface area (Å²) in [6, 6.07) is 9.96. The van der Waals surface area contributed by atoms with Gasteiger partial charge in [-0.25, -0.2) is 0 Å². The standard InChI is InChI=1S/C12H21N.C5H5N/c1-2-3-4-5-6-7-9-12-10-8-11-13-12;1-2-4-6-5-3-1/h8,10-11,13H,2-7,9H2,1H3;1-5H. The van der Waals surface area contributed by atoms with E-state index in [2.05, 4.69) is 29.0 Å². The predicted molar refractivity (Wildman–Crippen MR) is 82.1 cm³/mol. The molecule has 2 heteroatoms. The Hall–Kier alpha value is -1.57. The third-order valence-electron chi connectivity index (χ3n) is 3.03. The Kier molecular flexibility index (Phi) is 9.39. The highest BCUT2D eigenvalue weighted by molar-refractivity contribution is 5.03. The van der Waals surface area contributed by atoms with Crippen LogP contribution in [-0.2, 0) is 6.42 Å². The summed E-state index contributed by atoms with van der Waals surface area (Å²) in [7, 11) is 0. The smallest absolute Gasteiger partial charge is 0.0267 e. The molecule has 0 aliphatic heterocycles. The Balaban J connectivity index is 0.000000250. The Bertz CT molecular complexity index is 341. The van der Waals surface area contributed by atoms with E-state index in [9.17, 15) is 0 Å². The van der Waals surface area contributed by atoms with E-state index in [4.69, 9.17) is 0 Å². The summed E-state index contributed by atoms with van der Waals surface area (Å²) < 4.78 is 0. The first kappa shape index (κ1) is 15.5. The average molecular weight is 258 g/mol. The number of hydrogen-bond donors (Lipinski definition) is 1. The molecule has 0 bridgehead atoms. The molecule has 0 amide bonds. The lowest BCUT2D eigenvalue weighted by atomic mass is 10.1. The van der Waals surface area contributed by atoms with Gasteiger partial charge in [-0.1, -0.05) is 45.1 Å². The van der Waals surface area contributed by atoms with E-state index < -0.39 is 0 Å². The Labute approximate surface area is 117 Å². The average Bonchev–Trinajstić information content (AvgIpc) is 2.99. The van der Waals surface area contributed by atoms with E-state index in [1.54, 1.807) is 12.4 Å². The van der Waals surface area contributed by atoms with Gasteiger partial charge >= 0.3 is 0 Å². The molecule has 0 saturated heterocycles. The van der Waals surface area contributed by atoms with Crippen molar-refractivity contribution in [3.63, 3.8) is 0 Å². The van der Waals surface area contributed by atoms with Crippen LogP contribution in [0.3, 0.4) is 0 Å². The number of aryl methyl sites for hydroxylation is 1. The highest BCUT2D eigenvalue weighted by Gasteiger charge is 1.93. The van der Waals surface area contributed by atoms with Gasteiger partial charge in [0.2, 0.25) is 0 Å². The number of nitrogens with zero attached hydrogens (tertiary/aromatic N) is 1. The lowest BCUT2D eigenvalue weighted by Crippen LogP contribution is -1.85. The van der Waals surface area contributed by atoms with Crippen LogP contribution in [0.2, 0.25) is 0 Å². The molecule has 2 aromatic rings. The molecule has 1 N–H and O–H groups in total. The van der Waals surface area contributed by atoms with Crippen LogP contribution in [0.4, 0.5) is 0 Å². The second-order valence-electron chi connectivity index (χ2n) is 4.74. The van der Waals surface area contributed by atoms with E-state index in [0.29, 0.717) is 0 Å². The van der Waals surface area contributed by atoms with Crippen molar-refractivity contribution in [3.05, 3.63) is 54.6 Å². The molecule has 2 aromatic heterocycles. The number of hydrogen-bond acceptors (Lipinski definition) is 1. The van der Waals surface area contributed by atoms with Crippen LogP contribution in [0, 0.1) is 0 Å². The zero-order chi connectivity index (χ0) is 13.6. The molecule has 0 unspecified atom stereocenters. The number of aromatic amines is 1. The summed E-state index contributed by atoms with van der Waals surface area (Å²) in [5, 5.41) is 0. The molecule has 0 aromatic carbocycles. The van der Waals surface area contributed by atoms with Crippen LogP contribution in [-0.4, -0.2) is 9.97 Å². The normalized spacial score (nSPS) is 9.74. The molecule has 0 atom stereocenters. The van der Waals surface area contributed by atoms with Crippen molar-refractivity contribution in [2.75, 3.05) is 0 Å². The molecule has 2 heterocycles. The first-order valence-corrected chi connectivity index (χ1v) is 7.40. The lowest BCUT2D eigenvalue weighted by Gasteiger charge is -1.99. The van der Waals surface area contributed by atoms with Gasteiger partial charge in [-0.2, -0.15) is 0 Å². The first-order valence-electron chi connectivity index (χ1n) is 7.40. The molecule has 0 aliphatic rings. The van der Waals surface area contributed by atoms with Gasteiger partial charge in [-0.3, -0.25) is 4.98 Å². The molecular formula is C17H26N2. The quantitative estimate of drug-likeness (QED) is 0.696. The van der Waals surface area contributed by atoms with E-state index in [1.165, 1.54) is 50.6 Å². The highest BCUT2D eigenvalue weighted by atomic mass is 14.7. The molecule has 2 nitrogen and oxygen atoms in total. The Morgan fingerprint density at radius 3 is 2.16 bits per heavy atom. The number of H-pyrrole nitrogens is 1. The number of pyridine rings is 1. The third kappa shape index (κ3) is 9.06. The summed E-state index contributed by atoms with van der Waals surface area (Å²) in [6.45, 7) is 2.26. The minimum Gasteiger partial charge on any atom is -0.365 e. The van der Waals surface area contributed by atoms with Gasteiger partial charge < -0.3 is 4.98 Å². The van der Waals surface area contributed by atoms with Crippen molar-refractivity contribution >= 4 is 0 Å². The van der Waals surface area contributed by atoms with Crippen LogP contribution >= 0.6 is 0 Å². The van der Waals surface area contributed by atoms with Gasteiger partial charge in [0, 0.05) is 24.3 Å². The lowest BCUT2D eigenvalue weighted by molar-refractivity contribution is 0.605. The maximum absolute atomic E-state index is 3.78. The van der Waals surface area contributed by atoms with Crippen LogP contribution < -0.4 is 0 Å². The van der Waals surface area contributed by atoms with E-state index in [0.717, 1.165) is 0 Å². The van der Waals surface area contributed by atoms with Gasteiger partial charge in [0.25, 0.3) is 0 Å². The van der Waals surface area contributed by atoms with Crippen molar-refractivity contribution in [3.8, 4) is 0 Å². The number of unbranched alkanes of at least 4 members (excludes halogenated alkanes) is 5. The topological polar surface area (TPSA) is 28.7 Å². The minimum absolute atomic E-state index is 1.22. The monoisotopic (exact) mass is 258 g/mol. The second kappa shape index (κ2) is 11.5. The van der Waals surface area contributed by atoms with E-state index in [1.807, 2.05) is 24.4 Å². The van der Waals surface area contributed by atoms with Crippen molar-refractivity contribution in [1.82, 2.24) is 9.97 Å². The first-order chi connectivity index (χ1) is 9.43. The maximum Gasteiger partial charge on any atom is 0.0267 e. The number of rotatable bonds is 7. The van der Waals surface area contributed by atoms with Crippen LogP contribution in [0.15, 0.2) is 48.9 Å². The molecule has 0 aliphatic carbocycles. The van der Waals surface area contributed by atoms with Gasteiger partial charge in [-0.05, 0) is 37.1 Å². The fourth-order valence-electron chi connectivity index (χ4n) is 1.93. The predicted octanol–water partition coefficient (Wildman–Crippen LogP) is 5.00. The van der Waals surface area contributed by atoms with Gasteiger partial charge in [-0.15, -0.1) is 0 Å². The Morgan fingerprint density at radius 1 is 0.895 bits per heavy atom. The molecule has 0 saturated carbocycles. The summed E-state index contributed by atoms with van der Waals surface area (Å²) >= 11 is 0. The largest absolute Gasteiger partial charge is 0.365 e. The summed E-state index contributed by atoms with van der Waals surface area (Å²) in [6.07, 6.45) is 15.0.